The minimum Gasteiger partial charge on any atom is -0.481 e. The van der Waals surface area contributed by atoms with Gasteiger partial charge in [-0.1, -0.05) is 0 Å². The first kappa shape index (κ1) is 18.7. The average Bonchev–Trinajstić information content (AvgIpc) is 2.75. The number of aliphatic carboxylic acids is 1. The number of nitrogens with zero attached hydrogens (tertiary/aromatic N) is 2. The van der Waals surface area contributed by atoms with Crippen molar-refractivity contribution in [2.45, 2.75) is 39.3 Å². The third-order valence-electron chi connectivity index (χ3n) is 3.27. The van der Waals surface area contributed by atoms with Crippen molar-refractivity contribution >= 4 is 34.3 Å². The molecule has 8 nitrogen and oxygen atoms in total. The summed E-state index contributed by atoms with van der Waals surface area (Å²) in [4.78, 5) is 47.1. The van der Waals surface area contributed by atoms with Crippen LogP contribution in [0.3, 0.4) is 0 Å². The minimum absolute atomic E-state index is 0.119. The fourth-order valence-electron chi connectivity index (χ4n) is 2.30. The van der Waals surface area contributed by atoms with Crippen LogP contribution in [0, 0.1) is 0 Å². The van der Waals surface area contributed by atoms with Gasteiger partial charge in [-0.25, -0.2) is 9.59 Å². The number of esters is 1. The van der Waals surface area contributed by atoms with E-state index in [0.717, 1.165) is 8.97 Å². The summed E-state index contributed by atoms with van der Waals surface area (Å²) in [7, 11) is 0. The van der Waals surface area contributed by atoms with E-state index in [9.17, 15) is 19.2 Å². The van der Waals surface area contributed by atoms with Crippen molar-refractivity contribution < 1.29 is 24.2 Å². The minimum atomic E-state index is -1.12. The molecule has 0 aromatic carbocycles. The monoisotopic (exact) mass is 368 g/mol. The molecule has 1 N–H and O–H groups in total. The molecule has 0 bridgehead atoms. The van der Waals surface area contributed by atoms with Gasteiger partial charge in [-0.15, -0.1) is 0 Å². The van der Waals surface area contributed by atoms with Gasteiger partial charge in [0.25, 0.3) is 5.24 Å². The first-order chi connectivity index (χ1) is 11.5. The molecule has 0 atom stereocenters. The number of carbonyl (C=O) groups excluding carboxylic acids is 2. The Hall–Kier alpha value is -2.61. The second-order valence-electron chi connectivity index (χ2n) is 6.38. The summed E-state index contributed by atoms with van der Waals surface area (Å²) in [6, 6.07) is 2.81. The van der Waals surface area contributed by atoms with E-state index in [-0.39, 0.29) is 29.7 Å². The molecule has 9 heteroatoms. The van der Waals surface area contributed by atoms with Crippen LogP contribution in [0.5, 0.6) is 0 Å². The van der Waals surface area contributed by atoms with E-state index >= 15 is 0 Å². The summed E-state index contributed by atoms with van der Waals surface area (Å²) in [5.74, 6) is -1.75. The highest BCUT2D eigenvalue weighted by atomic mass is 35.5. The number of hydrogen-bond acceptors (Lipinski definition) is 5. The summed E-state index contributed by atoms with van der Waals surface area (Å²) in [6.07, 6.45) is 0.888. The number of fused-ring (bicyclic) bond motifs is 1. The van der Waals surface area contributed by atoms with Crippen molar-refractivity contribution in [3.8, 4) is 0 Å². The normalized spacial score (nSPS) is 11.5. The van der Waals surface area contributed by atoms with Crippen LogP contribution < -0.4 is 5.69 Å². The van der Waals surface area contributed by atoms with Gasteiger partial charge >= 0.3 is 17.6 Å². The zero-order chi connectivity index (χ0) is 18.9. The largest absolute Gasteiger partial charge is 0.481 e. The van der Waals surface area contributed by atoms with Gasteiger partial charge in [-0.3, -0.25) is 18.6 Å². The number of pyridine rings is 1. The maximum Gasteiger partial charge on any atom is 0.340 e. The summed E-state index contributed by atoms with van der Waals surface area (Å²) < 4.78 is 7.31. The van der Waals surface area contributed by atoms with Crippen molar-refractivity contribution in [3.05, 3.63) is 40.1 Å². The second kappa shape index (κ2) is 6.72. The van der Waals surface area contributed by atoms with Crippen LogP contribution in [0.4, 0.5) is 0 Å². The number of carboxylic acid groups (broad SMARTS) is 1. The molecule has 25 heavy (non-hydrogen) atoms. The molecule has 2 aromatic rings. The fraction of sp³-hybridized carbons (Fsp3) is 0.375. The van der Waals surface area contributed by atoms with Crippen LogP contribution in [-0.2, 0) is 16.1 Å². The van der Waals surface area contributed by atoms with Gasteiger partial charge in [0.1, 0.15) is 11.3 Å². The molecule has 0 amide bonds. The molecule has 0 fully saturated rings. The van der Waals surface area contributed by atoms with Crippen LogP contribution in [0.2, 0.25) is 0 Å². The quantitative estimate of drug-likeness (QED) is 0.638. The molecule has 2 heterocycles. The molecule has 134 valence electrons. The smallest absolute Gasteiger partial charge is 0.340 e. The molecule has 0 saturated heterocycles. The topological polar surface area (TPSA) is 107 Å². The highest BCUT2D eigenvalue weighted by Crippen LogP contribution is 2.17. The Morgan fingerprint density at radius 3 is 2.40 bits per heavy atom. The van der Waals surface area contributed by atoms with Crippen molar-refractivity contribution in [3.63, 3.8) is 0 Å². The number of imidazole rings is 1. The van der Waals surface area contributed by atoms with E-state index in [1.807, 2.05) is 0 Å². The van der Waals surface area contributed by atoms with Gasteiger partial charge in [0.15, 0.2) is 0 Å². The van der Waals surface area contributed by atoms with Crippen LogP contribution >= 0.6 is 11.6 Å². The molecular formula is C16H17ClN2O6. The SMILES string of the molecule is CC(C)(C)OC(=O)c1ccc2c(C(=O)Cl)n(CCC(=O)O)c(=O)n2c1. The van der Waals surface area contributed by atoms with Crippen molar-refractivity contribution in [1.29, 1.82) is 0 Å². The van der Waals surface area contributed by atoms with Crippen LogP contribution in [0.25, 0.3) is 5.52 Å². The molecule has 0 aliphatic heterocycles. The van der Waals surface area contributed by atoms with E-state index in [0.29, 0.717) is 0 Å². The number of ether oxygens (including phenoxy) is 1. The lowest BCUT2D eigenvalue weighted by Crippen LogP contribution is -2.25. The Morgan fingerprint density at radius 2 is 1.88 bits per heavy atom. The van der Waals surface area contributed by atoms with Crippen molar-refractivity contribution in [2.24, 2.45) is 0 Å². The maximum absolute atomic E-state index is 12.5. The van der Waals surface area contributed by atoms with Gasteiger partial charge in [-0.2, -0.15) is 0 Å². The van der Waals surface area contributed by atoms with Gasteiger partial charge in [-0.05, 0) is 44.5 Å². The lowest BCUT2D eigenvalue weighted by molar-refractivity contribution is -0.137. The Kier molecular flexibility index (Phi) is 5.03. The number of halogens is 1. The van der Waals surface area contributed by atoms with Crippen LogP contribution in [-0.4, -0.2) is 36.9 Å². The molecule has 0 saturated carbocycles. The molecule has 2 rings (SSSR count). The van der Waals surface area contributed by atoms with Crippen molar-refractivity contribution in [2.75, 3.05) is 0 Å². The molecule has 0 unspecified atom stereocenters. The Balaban J connectivity index is 2.57. The van der Waals surface area contributed by atoms with Crippen LogP contribution in [0.15, 0.2) is 23.1 Å². The van der Waals surface area contributed by atoms with E-state index in [2.05, 4.69) is 0 Å². The molecular weight excluding hydrogens is 352 g/mol. The summed E-state index contributed by atoms with van der Waals surface area (Å²) >= 11 is 5.55. The number of rotatable bonds is 5. The van der Waals surface area contributed by atoms with Gasteiger partial charge in [0, 0.05) is 12.7 Å². The van der Waals surface area contributed by atoms with E-state index in [4.69, 9.17) is 21.4 Å². The number of aromatic nitrogens is 2. The third-order valence-corrected chi connectivity index (χ3v) is 3.45. The predicted molar refractivity (Wildman–Crippen MR) is 89.3 cm³/mol. The van der Waals surface area contributed by atoms with Crippen molar-refractivity contribution in [1.82, 2.24) is 8.97 Å². The molecule has 2 aromatic heterocycles. The van der Waals surface area contributed by atoms with Gasteiger partial charge in [0.2, 0.25) is 0 Å². The maximum atomic E-state index is 12.5. The third kappa shape index (κ3) is 4.08. The second-order valence-corrected chi connectivity index (χ2v) is 6.72. The van der Waals surface area contributed by atoms with E-state index < -0.39 is 28.5 Å². The molecule has 0 aliphatic carbocycles. The van der Waals surface area contributed by atoms with E-state index in [1.165, 1.54) is 18.3 Å². The Labute approximate surface area is 147 Å². The fourth-order valence-corrected chi connectivity index (χ4v) is 2.49. The van der Waals surface area contributed by atoms with Gasteiger partial charge < -0.3 is 9.84 Å². The zero-order valence-corrected chi connectivity index (χ0v) is 14.7. The summed E-state index contributed by atoms with van der Waals surface area (Å²) in [6.45, 7) is 4.91. The highest BCUT2D eigenvalue weighted by molar-refractivity contribution is 6.68. The molecule has 0 aliphatic rings. The average molecular weight is 369 g/mol. The van der Waals surface area contributed by atoms with Crippen LogP contribution in [0.1, 0.15) is 48.0 Å². The van der Waals surface area contributed by atoms with E-state index in [1.54, 1.807) is 20.8 Å². The zero-order valence-electron chi connectivity index (χ0n) is 13.9. The standard InChI is InChI=1S/C16H17ClN2O6/c1-16(2,3)25-14(23)9-4-5-10-12(13(17)22)18(7-6-11(20)21)15(24)19(10)8-9/h4-5,8H,6-7H2,1-3H3,(H,20,21). The molecule has 0 spiro atoms. The molecule has 0 radical (unpaired) electrons. The lowest BCUT2D eigenvalue weighted by atomic mass is 10.2. The Morgan fingerprint density at radius 1 is 1.24 bits per heavy atom. The summed E-state index contributed by atoms with van der Waals surface area (Å²) in [5, 5.41) is 7.90. The lowest BCUT2D eigenvalue weighted by Gasteiger charge is -2.19. The Bertz CT molecular complexity index is 919. The predicted octanol–water partition coefficient (Wildman–Crippen LogP) is 1.91. The first-order valence-electron chi connectivity index (χ1n) is 7.41. The number of carboxylic acids is 1. The highest BCUT2D eigenvalue weighted by Gasteiger charge is 2.23. The van der Waals surface area contributed by atoms with Gasteiger partial charge in [0.05, 0.1) is 17.5 Å². The summed E-state index contributed by atoms with van der Waals surface area (Å²) in [5.41, 5.74) is -1.19. The number of hydrogen-bond donors (Lipinski definition) is 1. The first-order valence-corrected chi connectivity index (χ1v) is 7.79. The number of carbonyl (C=O) groups is 3.